The molecule has 0 radical (unpaired) electrons. The summed E-state index contributed by atoms with van der Waals surface area (Å²) in [5.74, 6) is -0.0680. The summed E-state index contributed by atoms with van der Waals surface area (Å²) in [6.45, 7) is 3.84. The maximum Gasteiger partial charge on any atom is 0.226 e. The first-order valence-electron chi connectivity index (χ1n) is 11.8. The Hall–Kier alpha value is -2.96. The number of benzene rings is 3. The van der Waals surface area contributed by atoms with Gasteiger partial charge in [0.1, 0.15) is 0 Å². The van der Waals surface area contributed by atoms with Gasteiger partial charge in [0.25, 0.3) is 0 Å². The fraction of sp³-hybridized carbons (Fsp3) is 0.321. The number of sulfonamides is 1. The molecule has 0 aliphatic carbocycles. The molecule has 5 nitrogen and oxygen atoms in total. The lowest BCUT2D eigenvalue weighted by atomic mass is 9.96. The van der Waals surface area contributed by atoms with E-state index in [2.05, 4.69) is 0 Å². The lowest BCUT2D eigenvalue weighted by Crippen LogP contribution is -2.44. The molecular formula is C28H32N2O3S. The van der Waals surface area contributed by atoms with Gasteiger partial charge in [-0.25, -0.2) is 12.7 Å². The van der Waals surface area contributed by atoms with Gasteiger partial charge in [-0.3, -0.25) is 4.79 Å². The van der Waals surface area contributed by atoms with Gasteiger partial charge in [-0.2, -0.15) is 0 Å². The van der Waals surface area contributed by atoms with Gasteiger partial charge in [0.2, 0.25) is 15.9 Å². The van der Waals surface area contributed by atoms with Crippen molar-refractivity contribution in [2.24, 2.45) is 5.92 Å². The maximum atomic E-state index is 13.5. The molecule has 0 spiro atoms. The smallest absolute Gasteiger partial charge is 0.226 e. The van der Waals surface area contributed by atoms with Crippen LogP contribution in [0.15, 0.2) is 84.9 Å². The van der Waals surface area contributed by atoms with Crippen LogP contribution in [0.3, 0.4) is 0 Å². The van der Waals surface area contributed by atoms with Crippen molar-refractivity contribution in [3.05, 3.63) is 107 Å². The van der Waals surface area contributed by atoms with Gasteiger partial charge in [0.15, 0.2) is 0 Å². The molecule has 1 aliphatic rings. The van der Waals surface area contributed by atoms with Gasteiger partial charge in [0.05, 0.1) is 5.75 Å². The molecular weight excluding hydrogens is 444 g/mol. The Balaban J connectivity index is 1.41. The zero-order valence-corrected chi connectivity index (χ0v) is 20.5. The van der Waals surface area contributed by atoms with E-state index in [0.29, 0.717) is 39.0 Å². The highest BCUT2D eigenvalue weighted by atomic mass is 32.2. The monoisotopic (exact) mass is 476 g/mol. The van der Waals surface area contributed by atoms with Crippen LogP contribution in [-0.2, 0) is 33.7 Å². The molecule has 0 atom stereocenters. The normalized spacial score (nSPS) is 15.2. The van der Waals surface area contributed by atoms with Crippen LogP contribution in [0.5, 0.6) is 0 Å². The zero-order valence-electron chi connectivity index (χ0n) is 19.6. The van der Waals surface area contributed by atoms with Crippen LogP contribution in [0.25, 0.3) is 0 Å². The van der Waals surface area contributed by atoms with Crippen molar-refractivity contribution in [2.75, 3.05) is 13.1 Å². The van der Waals surface area contributed by atoms with E-state index in [4.69, 9.17) is 0 Å². The summed E-state index contributed by atoms with van der Waals surface area (Å²) in [5, 5.41) is 0. The molecule has 0 aromatic heterocycles. The van der Waals surface area contributed by atoms with Crippen molar-refractivity contribution in [1.82, 2.24) is 9.21 Å². The number of carbonyl (C=O) groups excluding carboxylic acids is 1. The number of hydrogen-bond donors (Lipinski definition) is 0. The maximum absolute atomic E-state index is 13.5. The first-order valence-corrected chi connectivity index (χ1v) is 13.4. The second-order valence-corrected chi connectivity index (χ2v) is 11.0. The number of nitrogens with zero attached hydrogens (tertiary/aromatic N) is 2. The van der Waals surface area contributed by atoms with E-state index in [9.17, 15) is 13.2 Å². The van der Waals surface area contributed by atoms with Gasteiger partial charge < -0.3 is 4.90 Å². The van der Waals surface area contributed by atoms with Gasteiger partial charge in [-0.05, 0) is 36.5 Å². The Morgan fingerprint density at radius 2 is 1.29 bits per heavy atom. The van der Waals surface area contributed by atoms with Crippen molar-refractivity contribution in [1.29, 1.82) is 0 Å². The summed E-state index contributed by atoms with van der Waals surface area (Å²) >= 11 is 0. The van der Waals surface area contributed by atoms with Crippen LogP contribution in [0, 0.1) is 12.8 Å². The van der Waals surface area contributed by atoms with Gasteiger partial charge in [-0.15, -0.1) is 0 Å². The summed E-state index contributed by atoms with van der Waals surface area (Å²) in [6.07, 6.45) is 1.10. The number of aryl methyl sites for hydroxylation is 1. The molecule has 0 saturated carbocycles. The van der Waals surface area contributed by atoms with Crippen molar-refractivity contribution in [2.45, 2.75) is 38.6 Å². The van der Waals surface area contributed by atoms with E-state index in [1.165, 1.54) is 0 Å². The molecule has 1 saturated heterocycles. The molecule has 1 fully saturated rings. The summed E-state index contributed by atoms with van der Waals surface area (Å²) in [7, 11) is -3.41. The largest absolute Gasteiger partial charge is 0.334 e. The Bertz CT molecular complexity index is 1130. The SMILES string of the molecule is Cc1ccc(CS(=O)(=O)N2CCC(C(=O)N(Cc3ccccc3)Cc3ccccc3)CC2)cc1. The first kappa shape index (κ1) is 24.2. The van der Waals surface area contributed by atoms with E-state index >= 15 is 0 Å². The number of amides is 1. The zero-order chi connectivity index (χ0) is 24.0. The third kappa shape index (κ3) is 6.33. The fourth-order valence-electron chi connectivity index (χ4n) is 4.44. The molecule has 178 valence electrons. The van der Waals surface area contributed by atoms with Gasteiger partial charge in [0, 0.05) is 32.1 Å². The molecule has 0 bridgehead atoms. The fourth-order valence-corrected chi connectivity index (χ4v) is 6.01. The molecule has 1 heterocycles. The third-order valence-corrected chi connectivity index (χ3v) is 8.26. The minimum atomic E-state index is -3.41. The number of hydrogen-bond acceptors (Lipinski definition) is 3. The highest BCUT2D eigenvalue weighted by molar-refractivity contribution is 7.88. The van der Waals surface area contributed by atoms with Crippen LogP contribution >= 0.6 is 0 Å². The number of rotatable bonds is 8. The number of carbonyl (C=O) groups is 1. The van der Waals surface area contributed by atoms with E-state index < -0.39 is 10.0 Å². The molecule has 34 heavy (non-hydrogen) atoms. The second kappa shape index (κ2) is 11.0. The van der Waals surface area contributed by atoms with Crippen molar-refractivity contribution < 1.29 is 13.2 Å². The van der Waals surface area contributed by atoms with Crippen molar-refractivity contribution >= 4 is 15.9 Å². The highest BCUT2D eigenvalue weighted by Crippen LogP contribution is 2.25. The minimum absolute atomic E-state index is 0.0000322. The Morgan fingerprint density at radius 1 is 0.794 bits per heavy atom. The van der Waals surface area contributed by atoms with E-state index in [1.807, 2.05) is 96.8 Å². The predicted octanol–water partition coefficient (Wildman–Crippen LogP) is 4.77. The lowest BCUT2D eigenvalue weighted by molar-refractivity contribution is -0.138. The highest BCUT2D eigenvalue weighted by Gasteiger charge is 2.33. The summed E-state index contributed by atoms with van der Waals surface area (Å²) in [4.78, 5) is 15.5. The summed E-state index contributed by atoms with van der Waals surface area (Å²) < 4.78 is 27.5. The van der Waals surface area contributed by atoms with Gasteiger partial charge >= 0.3 is 0 Å². The first-order chi connectivity index (χ1) is 16.4. The van der Waals surface area contributed by atoms with Crippen molar-refractivity contribution in [3.63, 3.8) is 0 Å². The average molecular weight is 477 g/mol. The van der Waals surface area contributed by atoms with Crippen LogP contribution in [-0.4, -0.2) is 36.6 Å². The molecule has 3 aromatic carbocycles. The van der Waals surface area contributed by atoms with Crippen LogP contribution in [0.4, 0.5) is 0 Å². The Labute approximate surface area is 203 Å². The molecule has 0 N–H and O–H groups in total. The molecule has 6 heteroatoms. The summed E-state index contributed by atoms with van der Waals surface area (Å²) in [5.41, 5.74) is 4.08. The average Bonchev–Trinajstić information content (AvgIpc) is 2.86. The predicted molar refractivity (Wildman–Crippen MR) is 135 cm³/mol. The molecule has 0 unspecified atom stereocenters. The second-order valence-electron chi connectivity index (χ2n) is 9.08. The Kier molecular flexibility index (Phi) is 7.80. The van der Waals surface area contributed by atoms with Gasteiger partial charge in [-0.1, -0.05) is 90.5 Å². The van der Waals surface area contributed by atoms with Crippen LogP contribution in [0.2, 0.25) is 0 Å². The standard InChI is InChI=1S/C28H32N2O3S/c1-23-12-14-26(15-13-23)22-34(32,33)30-18-16-27(17-19-30)28(31)29(20-24-8-4-2-5-9-24)21-25-10-6-3-7-11-25/h2-15,27H,16-22H2,1H3. The minimum Gasteiger partial charge on any atom is -0.334 e. The van der Waals surface area contributed by atoms with E-state index in [0.717, 1.165) is 22.3 Å². The van der Waals surface area contributed by atoms with Crippen molar-refractivity contribution in [3.8, 4) is 0 Å². The molecule has 3 aromatic rings. The molecule has 4 rings (SSSR count). The third-order valence-electron chi connectivity index (χ3n) is 6.41. The molecule has 1 amide bonds. The van der Waals surface area contributed by atoms with Crippen LogP contribution in [0.1, 0.15) is 35.1 Å². The van der Waals surface area contributed by atoms with E-state index in [-0.39, 0.29) is 17.6 Å². The quantitative estimate of drug-likeness (QED) is 0.471. The Morgan fingerprint density at radius 3 is 1.79 bits per heavy atom. The number of piperidine rings is 1. The summed E-state index contributed by atoms with van der Waals surface area (Å²) in [6, 6.07) is 27.6. The topological polar surface area (TPSA) is 57.7 Å². The van der Waals surface area contributed by atoms with Crippen LogP contribution < -0.4 is 0 Å². The lowest BCUT2D eigenvalue weighted by Gasteiger charge is -2.34. The molecule has 1 aliphatic heterocycles. The van der Waals surface area contributed by atoms with E-state index in [1.54, 1.807) is 4.31 Å².